The molecule has 0 N–H and O–H groups in total. The predicted octanol–water partition coefficient (Wildman–Crippen LogP) is 2.19. The summed E-state index contributed by atoms with van der Waals surface area (Å²) in [5.74, 6) is 0.323. The number of hydrogen-bond donors (Lipinski definition) is 0. The number of ether oxygens (including phenoxy) is 2. The number of hydrogen-bond acceptors (Lipinski definition) is 6. The molecule has 7 heteroatoms. The van der Waals surface area contributed by atoms with Crippen LogP contribution in [0.15, 0.2) is 41.8 Å². The molecule has 0 radical (unpaired) electrons. The van der Waals surface area contributed by atoms with Crippen LogP contribution in [0.25, 0.3) is 0 Å². The summed E-state index contributed by atoms with van der Waals surface area (Å²) in [6, 6.07) is 11.7. The van der Waals surface area contributed by atoms with Gasteiger partial charge in [0.05, 0.1) is 13.5 Å². The monoisotopic (exact) mass is 374 g/mol. The topological polar surface area (TPSA) is 59.1 Å². The van der Waals surface area contributed by atoms with Crippen LogP contribution < -0.4 is 9.64 Å². The van der Waals surface area contributed by atoms with Crippen LogP contribution in [0.5, 0.6) is 5.75 Å². The van der Waals surface area contributed by atoms with Gasteiger partial charge in [0.2, 0.25) is 0 Å². The first kappa shape index (κ1) is 18.3. The molecule has 0 saturated carbocycles. The van der Waals surface area contributed by atoms with Crippen molar-refractivity contribution in [1.82, 2.24) is 4.90 Å². The van der Waals surface area contributed by atoms with Crippen molar-refractivity contribution < 1.29 is 19.1 Å². The molecule has 1 aromatic heterocycles. The molecule has 0 spiro atoms. The second-order valence-corrected chi connectivity index (χ2v) is 7.01. The van der Waals surface area contributed by atoms with E-state index < -0.39 is 0 Å². The van der Waals surface area contributed by atoms with Crippen molar-refractivity contribution in [2.75, 3.05) is 44.8 Å². The zero-order chi connectivity index (χ0) is 18.4. The highest BCUT2D eigenvalue weighted by molar-refractivity contribution is 7.10. The fraction of sp³-hybridized carbons (Fsp3) is 0.368. The van der Waals surface area contributed by atoms with Gasteiger partial charge in [-0.05, 0) is 35.7 Å². The highest BCUT2D eigenvalue weighted by atomic mass is 32.1. The quantitative estimate of drug-likeness (QED) is 0.726. The minimum Gasteiger partial charge on any atom is -0.497 e. The SMILES string of the molecule is COc1ccc(N2CCN(C(=O)COC(=O)Cc3cccs3)CC2)cc1. The van der Waals surface area contributed by atoms with E-state index in [2.05, 4.69) is 4.90 Å². The fourth-order valence-electron chi connectivity index (χ4n) is 2.85. The normalized spacial score (nSPS) is 14.2. The number of nitrogens with zero attached hydrogens (tertiary/aromatic N) is 2. The van der Waals surface area contributed by atoms with Gasteiger partial charge in [-0.25, -0.2) is 0 Å². The maximum atomic E-state index is 12.2. The number of carbonyl (C=O) groups excluding carboxylic acids is 2. The molecule has 1 saturated heterocycles. The molecule has 1 aliphatic rings. The molecule has 26 heavy (non-hydrogen) atoms. The van der Waals surface area contributed by atoms with E-state index in [1.54, 1.807) is 12.0 Å². The van der Waals surface area contributed by atoms with Gasteiger partial charge in [-0.3, -0.25) is 9.59 Å². The second kappa shape index (κ2) is 8.71. The fourth-order valence-corrected chi connectivity index (χ4v) is 3.54. The Labute approximate surface area is 156 Å². The number of thiophene rings is 1. The Bertz CT molecular complexity index is 723. The molecular formula is C19H22N2O4S. The van der Waals surface area contributed by atoms with E-state index in [4.69, 9.17) is 9.47 Å². The van der Waals surface area contributed by atoms with E-state index >= 15 is 0 Å². The average Bonchev–Trinajstić information content (AvgIpc) is 3.19. The van der Waals surface area contributed by atoms with Gasteiger partial charge in [-0.2, -0.15) is 0 Å². The molecule has 0 aliphatic carbocycles. The Morgan fingerprint density at radius 3 is 2.42 bits per heavy atom. The van der Waals surface area contributed by atoms with Gasteiger partial charge in [-0.15, -0.1) is 11.3 Å². The summed E-state index contributed by atoms with van der Waals surface area (Å²) in [5, 5.41) is 1.91. The number of carbonyl (C=O) groups is 2. The minimum absolute atomic E-state index is 0.140. The van der Waals surface area contributed by atoms with Gasteiger partial charge in [0.1, 0.15) is 5.75 Å². The summed E-state index contributed by atoms with van der Waals surface area (Å²) < 4.78 is 10.3. The maximum Gasteiger partial charge on any atom is 0.311 e. The van der Waals surface area contributed by atoms with Gasteiger partial charge in [0, 0.05) is 36.7 Å². The standard InChI is InChI=1S/C19H22N2O4S/c1-24-16-6-4-15(5-7-16)20-8-10-21(11-9-20)18(22)14-25-19(23)13-17-3-2-12-26-17/h2-7,12H,8-11,13-14H2,1H3. The molecule has 2 aromatic rings. The molecule has 2 heterocycles. The zero-order valence-corrected chi connectivity index (χ0v) is 15.5. The first-order valence-electron chi connectivity index (χ1n) is 8.50. The maximum absolute atomic E-state index is 12.2. The van der Waals surface area contributed by atoms with Crippen LogP contribution in [0, 0.1) is 0 Å². The number of amides is 1. The molecular weight excluding hydrogens is 352 g/mol. The van der Waals surface area contributed by atoms with E-state index in [-0.39, 0.29) is 24.9 Å². The molecule has 6 nitrogen and oxygen atoms in total. The number of rotatable bonds is 6. The highest BCUT2D eigenvalue weighted by Gasteiger charge is 2.22. The lowest BCUT2D eigenvalue weighted by Gasteiger charge is -2.36. The third kappa shape index (κ3) is 4.76. The molecule has 3 rings (SSSR count). The molecule has 0 atom stereocenters. The van der Waals surface area contributed by atoms with Crippen LogP contribution in [-0.2, 0) is 20.7 Å². The first-order chi connectivity index (χ1) is 12.7. The predicted molar refractivity (Wildman–Crippen MR) is 101 cm³/mol. The van der Waals surface area contributed by atoms with Crippen molar-refractivity contribution in [2.45, 2.75) is 6.42 Å². The van der Waals surface area contributed by atoms with Crippen molar-refractivity contribution in [3.05, 3.63) is 46.7 Å². The van der Waals surface area contributed by atoms with Gasteiger partial charge in [-0.1, -0.05) is 6.07 Å². The number of anilines is 1. The van der Waals surface area contributed by atoms with Gasteiger partial charge < -0.3 is 19.3 Å². The van der Waals surface area contributed by atoms with Gasteiger partial charge >= 0.3 is 5.97 Å². The third-order valence-electron chi connectivity index (χ3n) is 4.33. The van der Waals surface area contributed by atoms with Crippen LogP contribution in [0.4, 0.5) is 5.69 Å². The summed E-state index contributed by atoms with van der Waals surface area (Å²) in [6.07, 6.45) is 0.218. The highest BCUT2D eigenvalue weighted by Crippen LogP contribution is 2.20. The number of piperazine rings is 1. The van der Waals surface area contributed by atoms with Crippen molar-refractivity contribution in [3.8, 4) is 5.75 Å². The summed E-state index contributed by atoms with van der Waals surface area (Å²) >= 11 is 1.50. The van der Waals surface area contributed by atoms with Crippen molar-refractivity contribution in [1.29, 1.82) is 0 Å². The smallest absolute Gasteiger partial charge is 0.311 e. The van der Waals surface area contributed by atoms with Crippen LogP contribution in [0.1, 0.15) is 4.88 Å². The molecule has 0 bridgehead atoms. The van der Waals surface area contributed by atoms with E-state index in [1.807, 2.05) is 41.8 Å². The second-order valence-electron chi connectivity index (χ2n) is 5.98. The minimum atomic E-state index is -0.363. The lowest BCUT2D eigenvalue weighted by Crippen LogP contribution is -2.49. The van der Waals surface area contributed by atoms with Crippen molar-refractivity contribution >= 4 is 28.9 Å². The third-order valence-corrected chi connectivity index (χ3v) is 5.20. The Balaban J connectivity index is 1.42. The van der Waals surface area contributed by atoms with Crippen molar-refractivity contribution in [2.24, 2.45) is 0 Å². The lowest BCUT2D eigenvalue weighted by molar-refractivity contribution is -0.151. The van der Waals surface area contributed by atoms with E-state index in [0.29, 0.717) is 13.1 Å². The molecule has 1 aliphatic heterocycles. The number of esters is 1. The van der Waals surface area contributed by atoms with Crippen LogP contribution in [0.2, 0.25) is 0 Å². The number of benzene rings is 1. The molecule has 1 fully saturated rings. The van der Waals surface area contributed by atoms with E-state index in [9.17, 15) is 9.59 Å². The van der Waals surface area contributed by atoms with E-state index in [0.717, 1.165) is 29.4 Å². The molecule has 1 amide bonds. The van der Waals surface area contributed by atoms with Gasteiger partial charge in [0.15, 0.2) is 6.61 Å². The average molecular weight is 374 g/mol. The molecule has 1 aromatic carbocycles. The summed E-state index contributed by atoms with van der Waals surface area (Å²) in [4.78, 5) is 28.9. The van der Waals surface area contributed by atoms with Crippen molar-refractivity contribution in [3.63, 3.8) is 0 Å². The largest absolute Gasteiger partial charge is 0.497 e. The summed E-state index contributed by atoms with van der Waals surface area (Å²) in [7, 11) is 1.65. The van der Waals surface area contributed by atoms with Crippen LogP contribution in [-0.4, -0.2) is 56.7 Å². The Morgan fingerprint density at radius 2 is 1.81 bits per heavy atom. The molecule has 138 valence electrons. The number of methoxy groups -OCH3 is 1. The zero-order valence-electron chi connectivity index (χ0n) is 14.7. The molecule has 0 unspecified atom stereocenters. The lowest BCUT2D eigenvalue weighted by atomic mass is 10.2. The van der Waals surface area contributed by atoms with Crippen LogP contribution in [0.3, 0.4) is 0 Å². The Kier molecular flexibility index (Phi) is 6.12. The Morgan fingerprint density at radius 1 is 1.08 bits per heavy atom. The van der Waals surface area contributed by atoms with Crippen LogP contribution >= 0.6 is 11.3 Å². The summed E-state index contributed by atoms with van der Waals surface area (Å²) in [6.45, 7) is 2.55. The van der Waals surface area contributed by atoms with E-state index in [1.165, 1.54) is 11.3 Å². The first-order valence-corrected chi connectivity index (χ1v) is 9.38. The summed E-state index contributed by atoms with van der Waals surface area (Å²) in [5.41, 5.74) is 1.11. The van der Waals surface area contributed by atoms with Gasteiger partial charge in [0.25, 0.3) is 5.91 Å². The Hall–Kier alpha value is -2.54.